The summed E-state index contributed by atoms with van der Waals surface area (Å²) in [6.45, 7) is 1.96. The van der Waals surface area contributed by atoms with E-state index in [9.17, 15) is 0 Å². The molecule has 0 unspecified atom stereocenters. The third-order valence-electron chi connectivity index (χ3n) is 3.33. The van der Waals surface area contributed by atoms with Crippen LogP contribution >= 0.6 is 23.2 Å². The van der Waals surface area contributed by atoms with E-state index in [0.29, 0.717) is 15.9 Å². The van der Waals surface area contributed by atoms with Gasteiger partial charge >= 0.3 is 0 Å². The van der Waals surface area contributed by atoms with Gasteiger partial charge in [-0.05, 0) is 36.8 Å². The number of benzene rings is 2. The Morgan fingerprint density at radius 3 is 2.62 bits per heavy atom. The highest BCUT2D eigenvalue weighted by Crippen LogP contribution is 2.31. The van der Waals surface area contributed by atoms with E-state index in [1.165, 1.54) is 0 Å². The minimum absolute atomic E-state index is 0.586. The summed E-state index contributed by atoms with van der Waals surface area (Å²) in [6, 6.07) is 11.4. The van der Waals surface area contributed by atoms with Crippen LogP contribution in [0.1, 0.15) is 5.56 Å². The van der Waals surface area contributed by atoms with Crippen molar-refractivity contribution in [1.82, 2.24) is 9.97 Å². The van der Waals surface area contributed by atoms with Crippen LogP contribution in [0.15, 0.2) is 36.4 Å². The zero-order chi connectivity index (χ0) is 15.0. The van der Waals surface area contributed by atoms with E-state index in [1.54, 1.807) is 0 Å². The summed E-state index contributed by atoms with van der Waals surface area (Å²) >= 11 is 12.4. The lowest BCUT2D eigenvalue weighted by Gasteiger charge is -2.10. The van der Waals surface area contributed by atoms with Crippen molar-refractivity contribution in [3.8, 4) is 11.4 Å². The number of rotatable bonds is 2. The molecule has 2 aromatic carbocycles. The maximum Gasteiger partial charge on any atom is 0.163 e. The van der Waals surface area contributed by atoms with Crippen molar-refractivity contribution in [3.05, 3.63) is 52.0 Å². The number of hydrogen-bond acceptors (Lipinski definition) is 3. The first-order valence-corrected chi connectivity index (χ1v) is 7.26. The first kappa shape index (κ1) is 14.1. The molecule has 0 saturated heterocycles. The molecule has 3 rings (SSSR count). The summed E-state index contributed by atoms with van der Waals surface area (Å²) in [5.74, 6) is 1.34. The van der Waals surface area contributed by atoms with E-state index in [0.717, 1.165) is 27.8 Å². The molecular weight excluding hydrogens is 305 g/mol. The number of nitrogens with one attached hydrogen (secondary N) is 1. The van der Waals surface area contributed by atoms with Gasteiger partial charge < -0.3 is 5.32 Å². The Balaban J connectivity index is 2.30. The molecule has 0 radical (unpaired) electrons. The molecule has 106 valence electrons. The van der Waals surface area contributed by atoms with E-state index < -0.39 is 0 Å². The third kappa shape index (κ3) is 2.55. The molecule has 0 aliphatic heterocycles. The Morgan fingerprint density at radius 1 is 1.05 bits per heavy atom. The largest absolute Gasteiger partial charge is 0.373 e. The van der Waals surface area contributed by atoms with Crippen LogP contribution in [0, 0.1) is 6.92 Å². The monoisotopic (exact) mass is 317 g/mol. The molecule has 3 nitrogen and oxygen atoms in total. The predicted molar refractivity (Wildman–Crippen MR) is 89.3 cm³/mol. The van der Waals surface area contributed by atoms with Gasteiger partial charge in [0.2, 0.25) is 0 Å². The lowest BCUT2D eigenvalue weighted by atomic mass is 10.1. The first-order chi connectivity index (χ1) is 10.1. The van der Waals surface area contributed by atoms with Crippen molar-refractivity contribution in [1.29, 1.82) is 0 Å². The number of fused-ring (bicyclic) bond motifs is 1. The van der Waals surface area contributed by atoms with E-state index in [-0.39, 0.29) is 0 Å². The molecule has 1 heterocycles. The molecule has 5 heteroatoms. The van der Waals surface area contributed by atoms with Gasteiger partial charge in [0.1, 0.15) is 5.82 Å². The van der Waals surface area contributed by atoms with Crippen molar-refractivity contribution in [2.45, 2.75) is 6.92 Å². The Labute approximate surface area is 132 Å². The Hall–Kier alpha value is -1.84. The summed E-state index contributed by atoms with van der Waals surface area (Å²) in [6.07, 6.45) is 0. The Kier molecular flexibility index (Phi) is 3.70. The van der Waals surface area contributed by atoms with E-state index in [2.05, 4.69) is 15.3 Å². The minimum atomic E-state index is 0.586. The van der Waals surface area contributed by atoms with Crippen LogP contribution in [-0.2, 0) is 0 Å². The molecule has 0 fully saturated rings. The van der Waals surface area contributed by atoms with E-state index in [1.807, 2.05) is 50.4 Å². The number of aromatic nitrogens is 2. The van der Waals surface area contributed by atoms with Crippen molar-refractivity contribution in [2.24, 2.45) is 0 Å². The maximum atomic E-state index is 6.38. The van der Waals surface area contributed by atoms with Gasteiger partial charge in [0.25, 0.3) is 0 Å². The van der Waals surface area contributed by atoms with Gasteiger partial charge in [-0.3, -0.25) is 0 Å². The zero-order valence-corrected chi connectivity index (χ0v) is 13.1. The molecule has 0 bridgehead atoms. The smallest absolute Gasteiger partial charge is 0.163 e. The first-order valence-electron chi connectivity index (χ1n) is 6.50. The van der Waals surface area contributed by atoms with Gasteiger partial charge in [0.05, 0.1) is 10.5 Å². The molecule has 1 aromatic heterocycles. The Bertz CT molecular complexity index is 831. The predicted octanol–water partition coefficient (Wildman–Crippen LogP) is 4.95. The van der Waals surface area contributed by atoms with Crippen LogP contribution in [0.4, 0.5) is 5.82 Å². The summed E-state index contributed by atoms with van der Waals surface area (Å²) in [5.41, 5.74) is 2.60. The molecule has 0 atom stereocenters. The summed E-state index contributed by atoms with van der Waals surface area (Å²) in [5, 5.41) is 5.33. The fourth-order valence-electron chi connectivity index (χ4n) is 2.23. The molecule has 21 heavy (non-hydrogen) atoms. The third-order valence-corrected chi connectivity index (χ3v) is 4.07. The van der Waals surface area contributed by atoms with Crippen LogP contribution in [0.5, 0.6) is 0 Å². The topological polar surface area (TPSA) is 37.8 Å². The second-order valence-corrected chi connectivity index (χ2v) is 5.56. The normalized spacial score (nSPS) is 10.9. The van der Waals surface area contributed by atoms with Crippen LogP contribution in [0.25, 0.3) is 22.3 Å². The van der Waals surface area contributed by atoms with Crippen molar-refractivity contribution in [2.75, 3.05) is 12.4 Å². The molecule has 1 N–H and O–H groups in total. The van der Waals surface area contributed by atoms with Gasteiger partial charge in [0.15, 0.2) is 5.82 Å². The number of aryl methyl sites for hydroxylation is 1. The number of anilines is 1. The lowest BCUT2D eigenvalue weighted by molar-refractivity contribution is 1.21. The lowest BCUT2D eigenvalue weighted by Crippen LogP contribution is -1.99. The van der Waals surface area contributed by atoms with Gasteiger partial charge in [-0.25, -0.2) is 9.97 Å². The van der Waals surface area contributed by atoms with Crippen molar-refractivity contribution >= 4 is 39.9 Å². The molecule has 3 aromatic rings. The summed E-state index contributed by atoms with van der Waals surface area (Å²) in [7, 11) is 1.83. The van der Waals surface area contributed by atoms with Gasteiger partial charge in [-0.1, -0.05) is 35.3 Å². The molecular formula is C16H13Cl2N3. The molecule has 0 spiro atoms. The van der Waals surface area contributed by atoms with Crippen LogP contribution in [0.2, 0.25) is 10.0 Å². The summed E-state index contributed by atoms with van der Waals surface area (Å²) < 4.78 is 0. The number of hydrogen-bond donors (Lipinski definition) is 1. The van der Waals surface area contributed by atoms with Crippen LogP contribution in [-0.4, -0.2) is 17.0 Å². The van der Waals surface area contributed by atoms with E-state index in [4.69, 9.17) is 23.2 Å². The second kappa shape index (κ2) is 5.51. The fourth-order valence-corrected chi connectivity index (χ4v) is 2.61. The summed E-state index contributed by atoms with van der Waals surface area (Å²) in [4.78, 5) is 9.17. The highest BCUT2D eigenvalue weighted by molar-refractivity contribution is 6.34. The van der Waals surface area contributed by atoms with Crippen molar-refractivity contribution < 1.29 is 0 Å². The minimum Gasteiger partial charge on any atom is -0.373 e. The number of nitrogens with zero attached hydrogens (tertiary/aromatic N) is 2. The average molecular weight is 318 g/mol. The molecule has 0 amide bonds. The molecule has 0 saturated carbocycles. The zero-order valence-electron chi connectivity index (χ0n) is 11.6. The average Bonchev–Trinajstić information content (AvgIpc) is 2.48. The van der Waals surface area contributed by atoms with Gasteiger partial charge in [-0.15, -0.1) is 0 Å². The second-order valence-electron chi connectivity index (χ2n) is 4.74. The van der Waals surface area contributed by atoms with E-state index >= 15 is 0 Å². The highest BCUT2D eigenvalue weighted by Gasteiger charge is 2.12. The van der Waals surface area contributed by atoms with Gasteiger partial charge in [-0.2, -0.15) is 0 Å². The molecule has 0 aliphatic rings. The quantitative estimate of drug-likeness (QED) is 0.726. The Morgan fingerprint density at radius 2 is 1.86 bits per heavy atom. The fraction of sp³-hybridized carbons (Fsp3) is 0.125. The highest BCUT2D eigenvalue weighted by atomic mass is 35.5. The van der Waals surface area contributed by atoms with Crippen LogP contribution in [0.3, 0.4) is 0 Å². The van der Waals surface area contributed by atoms with Crippen molar-refractivity contribution in [3.63, 3.8) is 0 Å². The standard InChI is InChI=1S/C16H13Cl2N3/c1-9-4-3-5-12(14(9)18)16-20-13-8-10(17)6-7-11(13)15(19-2)21-16/h3-8H,1-2H3,(H,19,20,21). The van der Waals surface area contributed by atoms with Crippen LogP contribution < -0.4 is 5.32 Å². The molecule has 0 aliphatic carbocycles. The number of halogens is 2. The SMILES string of the molecule is CNc1nc(-c2cccc(C)c2Cl)nc2cc(Cl)ccc12. The van der Waals surface area contributed by atoms with Gasteiger partial charge in [0, 0.05) is 23.0 Å². The maximum absolute atomic E-state index is 6.38.